The van der Waals surface area contributed by atoms with Crippen molar-refractivity contribution in [2.75, 3.05) is 23.0 Å². The van der Waals surface area contributed by atoms with Crippen molar-refractivity contribution in [3.05, 3.63) is 82.8 Å². The smallest absolute Gasteiger partial charge is 0.359 e. The number of rotatable bonds is 18. The molecule has 0 N–H and O–H groups in total. The Morgan fingerprint density at radius 1 is 0.347 bits per heavy atom. The Hall–Kier alpha value is -4.44. The van der Waals surface area contributed by atoms with E-state index in [0.717, 1.165) is 12.8 Å². The van der Waals surface area contributed by atoms with Gasteiger partial charge in [0.2, 0.25) is 0 Å². The molecule has 0 spiro atoms. The molecule has 0 aliphatic heterocycles. The Morgan fingerprint density at radius 3 is 0.861 bits per heavy atom. The van der Waals surface area contributed by atoms with Gasteiger partial charge in [0, 0.05) is 0 Å². The summed E-state index contributed by atoms with van der Waals surface area (Å²) in [6.45, 7) is 0. The Bertz CT molecular complexity index is 3160. The van der Waals surface area contributed by atoms with Gasteiger partial charge in [-0.1, -0.05) is 113 Å². The molecule has 4 rings (SSSR count). The van der Waals surface area contributed by atoms with Crippen molar-refractivity contribution >= 4 is 96.2 Å². The summed E-state index contributed by atoms with van der Waals surface area (Å²) < 4.78 is 195. The van der Waals surface area contributed by atoms with Crippen LogP contribution < -0.4 is 0 Å². The summed E-state index contributed by atoms with van der Waals surface area (Å²) in [5, 5.41) is -2.15. The number of hydrogen-bond donors (Lipinski definition) is 0. The van der Waals surface area contributed by atoms with E-state index in [0.29, 0.717) is 64.2 Å². The molecule has 2 aliphatic rings. The van der Waals surface area contributed by atoms with Crippen molar-refractivity contribution in [3.8, 4) is 0 Å². The Kier molecular flexibility index (Phi) is 22.9. The minimum absolute atomic E-state index is 0.156. The SMILES string of the molecule is [N-]=[N+]=C(S(=O)(=O)CCCCCCCCCCS(=O)(=O)C(=[N+]=[N-])S(=O)(=O)c1ccccc1)S(=O)(=O)c1ccccc1.[N-]=[N+]=C(S(=O)(=O)CCS(=O)(=O)C(=[N+]=[N-])S(=O)(=O)C1CCCCC1)S(=O)(=O)C1CCCCC1. The standard InChI is InChI=1S/C24H30N4O8S4.C16H26N4O8S4/c25-27-23(39(33,34)21-15-9-7-10-16-21)37(29,30)19-13-5-3-1-2-4-6-14-20-38(31,32)24(28-26)40(35,36)22-17-11-8-12-18-22;17-19-15(31(25,26)13-7-3-1-4-8-13)29(21,22)11-12-30(23,24)16(20-18)32(27,28)14-9-5-2-6-10-14/h7-12,15-18H,1-6,13-14,19-20H2;13-14H,1-12H2. The molecule has 32 heteroatoms. The van der Waals surface area contributed by atoms with Crippen LogP contribution in [0, 0.1) is 0 Å². The third-order valence-electron chi connectivity index (χ3n) is 11.6. The molecule has 24 nitrogen and oxygen atoms in total. The molecule has 0 saturated heterocycles. The van der Waals surface area contributed by atoms with Crippen LogP contribution in [0.2, 0.25) is 0 Å². The topological polar surface area (TPSA) is 419 Å². The lowest BCUT2D eigenvalue weighted by atomic mass is 10.0. The molecule has 2 aromatic rings. The van der Waals surface area contributed by atoms with Gasteiger partial charge in [0.25, 0.3) is 78.7 Å². The quantitative estimate of drug-likeness (QED) is 0.0677. The second-order valence-corrected chi connectivity index (χ2v) is 34.0. The van der Waals surface area contributed by atoms with Crippen LogP contribution in [0.5, 0.6) is 0 Å². The molecule has 0 aromatic heterocycles. The molecule has 0 unspecified atom stereocenters. The van der Waals surface area contributed by atoms with Gasteiger partial charge in [0.1, 0.15) is 0 Å². The van der Waals surface area contributed by atoms with E-state index in [1.807, 2.05) is 0 Å². The van der Waals surface area contributed by atoms with E-state index in [1.165, 1.54) is 48.5 Å². The van der Waals surface area contributed by atoms with Gasteiger partial charge in [-0.05, 0) is 62.8 Å². The number of benzene rings is 2. The van der Waals surface area contributed by atoms with E-state index < -0.39 is 130 Å². The summed E-state index contributed by atoms with van der Waals surface area (Å²) in [4.78, 5) is 9.44. The minimum Gasteiger partial charge on any atom is -0.359 e. The minimum atomic E-state index is -4.92. The van der Waals surface area contributed by atoms with Crippen LogP contribution in [0.15, 0.2) is 70.5 Å². The molecule has 0 atom stereocenters. The second kappa shape index (κ2) is 26.7. The van der Waals surface area contributed by atoms with Crippen molar-refractivity contribution in [2.24, 2.45) is 0 Å². The van der Waals surface area contributed by atoms with Gasteiger partial charge in [-0.3, -0.25) is 0 Å². The number of nitrogens with zero attached hydrogens (tertiary/aromatic N) is 8. The molecule has 0 heterocycles. The molecular weight excluding hydrogens is 1110 g/mol. The van der Waals surface area contributed by atoms with E-state index in [-0.39, 0.29) is 48.3 Å². The first kappa shape index (κ1) is 61.9. The van der Waals surface area contributed by atoms with Crippen molar-refractivity contribution in [2.45, 2.75) is 136 Å². The largest absolute Gasteiger partial charge is 0.499 e. The molecule has 2 aliphatic carbocycles. The van der Waals surface area contributed by atoms with E-state index in [2.05, 4.69) is 19.2 Å². The zero-order valence-electron chi connectivity index (χ0n) is 38.9. The molecule has 0 amide bonds. The fourth-order valence-electron chi connectivity index (χ4n) is 7.81. The fourth-order valence-corrected chi connectivity index (χ4v) is 24.2. The fraction of sp³-hybridized carbons (Fsp3) is 0.600. The average molecular weight is 1160 g/mol. The first-order valence-electron chi connectivity index (χ1n) is 22.5. The highest BCUT2D eigenvalue weighted by Gasteiger charge is 2.51. The predicted molar refractivity (Wildman–Crippen MR) is 265 cm³/mol. The lowest BCUT2D eigenvalue weighted by Gasteiger charge is -2.19. The van der Waals surface area contributed by atoms with Crippen molar-refractivity contribution in [3.63, 3.8) is 0 Å². The van der Waals surface area contributed by atoms with Gasteiger partial charge >= 0.3 is 17.5 Å². The zero-order valence-corrected chi connectivity index (χ0v) is 45.4. The summed E-state index contributed by atoms with van der Waals surface area (Å²) in [5.74, 6) is -3.73. The first-order chi connectivity index (χ1) is 33.6. The number of sulfone groups is 8. The highest BCUT2D eigenvalue weighted by molar-refractivity contribution is 8.33. The van der Waals surface area contributed by atoms with Gasteiger partial charge in [-0.25, -0.2) is 67.3 Å². The normalized spacial score (nSPS) is 15.6. The maximum atomic E-state index is 12.7. The Labute approximate surface area is 421 Å². The zero-order chi connectivity index (χ0) is 54.1. The molecule has 0 radical (unpaired) electrons. The molecule has 2 aromatic carbocycles. The summed E-state index contributed by atoms with van der Waals surface area (Å²) in [6.07, 6.45) is 8.42. The third kappa shape index (κ3) is 16.3. The Morgan fingerprint density at radius 2 is 0.597 bits per heavy atom. The van der Waals surface area contributed by atoms with Crippen LogP contribution in [-0.4, -0.2) is 138 Å². The van der Waals surface area contributed by atoms with Crippen molar-refractivity contribution < 1.29 is 86.5 Å². The second-order valence-electron chi connectivity index (χ2n) is 16.8. The summed E-state index contributed by atoms with van der Waals surface area (Å²) in [5.41, 5.74) is 36.5. The van der Waals surface area contributed by atoms with Crippen LogP contribution in [0.4, 0.5) is 0 Å². The van der Waals surface area contributed by atoms with Gasteiger partial charge in [-0.2, -0.15) is 0 Å². The maximum absolute atomic E-state index is 12.7. The molecule has 2 fully saturated rings. The van der Waals surface area contributed by atoms with E-state index in [1.54, 1.807) is 12.1 Å². The van der Waals surface area contributed by atoms with Gasteiger partial charge in [-0.15, -0.1) is 19.2 Å². The Balaban J connectivity index is 0.000000390. The molecule has 72 heavy (non-hydrogen) atoms. The number of unbranched alkanes of at least 4 members (excludes halogenated alkanes) is 7. The summed E-state index contributed by atoms with van der Waals surface area (Å²) in [7, 11) is -36.6. The van der Waals surface area contributed by atoms with Crippen LogP contribution in [-0.2, 0) is 78.7 Å². The van der Waals surface area contributed by atoms with Crippen molar-refractivity contribution in [1.29, 1.82) is 0 Å². The first-order valence-corrected chi connectivity index (χ1v) is 35.2. The molecule has 400 valence electrons. The van der Waals surface area contributed by atoms with Gasteiger partial charge in [0.15, 0.2) is 0 Å². The van der Waals surface area contributed by atoms with Crippen LogP contribution in [0.25, 0.3) is 22.1 Å². The molecule has 0 bridgehead atoms. The lowest BCUT2D eigenvalue weighted by Crippen LogP contribution is -2.40. The van der Waals surface area contributed by atoms with Gasteiger partial charge in [0.05, 0.1) is 43.3 Å². The summed E-state index contributed by atoms with van der Waals surface area (Å²) in [6, 6.07) is 13.6. The van der Waals surface area contributed by atoms with E-state index in [9.17, 15) is 67.3 Å². The third-order valence-corrected chi connectivity index (χ3v) is 29.9. The van der Waals surface area contributed by atoms with E-state index >= 15 is 0 Å². The highest BCUT2D eigenvalue weighted by Crippen LogP contribution is 2.28. The summed E-state index contributed by atoms with van der Waals surface area (Å²) >= 11 is 0. The maximum Gasteiger partial charge on any atom is 0.499 e. The monoisotopic (exact) mass is 1160 g/mol. The lowest BCUT2D eigenvalue weighted by molar-refractivity contribution is 0.00330. The van der Waals surface area contributed by atoms with Gasteiger partial charge < -0.3 is 22.1 Å². The van der Waals surface area contributed by atoms with E-state index in [4.69, 9.17) is 22.1 Å². The molecular formula is C40H56N8O16S8. The average Bonchev–Trinajstić information content (AvgIpc) is 3.33. The molecule has 2 saturated carbocycles. The van der Waals surface area contributed by atoms with Crippen LogP contribution in [0.3, 0.4) is 0 Å². The predicted octanol–water partition coefficient (Wildman–Crippen LogP) is 3.54. The number of hydrogen-bond acceptors (Lipinski definition) is 16. The van der Waals surface area contributed by atoms with Crippen molar-refractivity contribution in [1.82, 2.24) is 0 Å². The van der Waals surface area contributed by atoms with Crippen LogP contribution >= 0.6 is 0 Å². The highest BCUT2D eigenvalue weighted by atomic mass is 32.3. The van der Waals surface area contributed by atoms with Crippen LogP contribution in [0.1, 0.15) is 116 Å².